The van der Waals surface area contributed by atoms with E-state index >= 15 is 0 Å². The molecule has 0 heterocycles. The zero-order valence-electron chi connectivity index (χ0n) is 11.2. The van der Waals surface area contributed by atoms with Crippen LogP contribution >= 0.6 is 0 Å². The molecule has 2 N–H and O–H groups in total. The van der Waals surface area contributed by atoms with Gasteiger partial charge in [0, 0.05) is 6.04 Å². The average molecular weight is 259 g/mol. The molecule has 0 bridgehead atoms. The molecular weight excluding hydrogens is 239 g/mol. The first kappa shape index (κ1) is 15.0. The van der Waals surface area contributed by atoms with Gasteiger partial charge >= 0.3 is 6.18 Å². The summed E-state index contributed by atoms with van der Waals surface area (Å²) >= 11 is 0. The van der Waals surface area contributed by atoms with Gasteiger partial charge in [-0.3, -0.25) is 0 Å². The molecular formula is C14H20F3N. The van der Waals surface area contributed by atoms with E-state index in [0.717, 1.165) is 24.1 Å². The smallest absolute Gasteiger partial charge is 0.324 e. The third-order valence-electron chi connectivity index (χ3n) is 2.83. The monoisotopic (exact) mass is 259 g/mol. The van der Waals surface area contributed by atoms with Gasteiger partial charge in [-0.1, -0.05) is 26.8 Å². The summed E-state index contributed by atoms with van der Waals surface area (Å²) in [7, 11) is 0. The lowest BCUT2D eigenvalue weighted by Gasteiger charge is -2.24. The van der Waals surface area contributed by atoms with E-state index in [-0.39, 0.29) is 11.5 Å². The summed E-state index contributed by atoms with van der Waals surface area (Å²) in [4.78, 5) is 0. The van der Waals surface area contributed by atoms with Gasteiger partial charge in [-0.25, -0.2) is 0 Å². The molecule has 0 fully saturated rings. The molecule has 1 atom stereocenters. The fourth-order valence-electron chi connectivity index (χ4n) is 2.04. The average Bonchev–Trinajstić information content (AvgIpc) is 2.12. The van der Waals surface area contributed by atoms with E-state index in [1.807, 2.05) is 0 Å². The Morgan fingerprint density at radius 2 is 1.72 bits per heavy atom. The topological polar surface area (TPSA) is 26.0 Å². The van der Waals surface area contributed by atoms with Crippen LogP contribution in [0.4, 0.5) is 13.2 Å². The van der Waals surface area contributed by atoms with Crippen molar-refractivity contribution in [1.29, 1.82) is 0 Å². The molecule has 1 aromatic carbocycles. The first-order chi connectivity index (χ1) is 8.00. The van der Waals surface area contributed by atoms with Crippen LogP contribution in [0.2, 0.25) is 0 Å². The van der Waals surface area contributed by atoms with Gasteiger partial charge in [0.15, 0.2) is 0 Å². The molecule has 1 nitrogen and oxygen atoms in total. The van der Waals surface area contributed by atoms with Gasteiger partial charge in [-0.2, -0.15) is 13.2 Å². The molecule has 0 saturated carbocycles. The van der Waals surface area contributed by atoms with E-state index < -0.39 is 11.7 Å². The highest BCUT2D eigenvalue weighted by atomic mass is 19.4. The van der Waals surface area contributed by atoms with E-state index in [9.17, 15) is 13.2 Å². The van der Waals surface area contributed by atoms with Crippen LogP contribution < -0.4 is 5.73 Å². The van der Waals surface area contributed by atoms with E-state index in [1.54, 1.807) is 6.92 Å². The van der Waals surface area contributed by atoms with Gasteiger partial charge in [-0.15, -0.1) is 0 Å². The van der Waals surface area contributed by atoms with Crippen LogP contribution in [0.3, 0.4) is 0 Å². The Balaban J connectivity index is 2.99. The van der Waals surface area contributed by atoms with Crippen molar-refractivity contribution < 1.29 is 13.2 Å². The van der Waals surface area contributed by atoms with Crippen molar-refractivity contribution in [3.05, 3.63) is 34.9 Å². The predicted molar refractivity (Wildman–Crippen MR) is 67.2 cm³/mol. The Labute approximate surface area is 106 Å². The lowest BCUT2D eigenvalue weighted by Crippen LogP contribution is -2.20. The van der Waals surface area contributed by atoms with Crippen molar-refractivity contribution in [3.8, 4) is 0 Å². The number of alkyl halides is 3. The molecule has 0 saturated heterocycles. The van der Waals surface area contributed by atoms with Crippen LogP contribution in [0.1, 0.15) is 49.9 Å². The highest BCUT2D eigenvalue weighted by Crippen LogP contribution is 2.33. The van der Waals surface area contributed by atoms with Crippen LogP contribution in [0.15, 0.2) is 18.2 Å². The number of benzene rings is 1. The van der Waals surface area contributed by atoms with Crippen molar-refractivity contribution >= 4 is 0 Å². The summed E-state index contributed by atoms with van der Waals surface area (Å²) in [6.07, 6.45) is -3.56. The Bertz CT molecular complexity index is 416. The SMILES string of the molecule is Cc1cc(C(F)(F)F)ccc1C(N)CC(C)(C)C. The molecule has 0 aromatic heterocycles. The third kappa shape index (κ3) is 4.02. The number of hydrogen-bond donors (Lipinski definition) is 1. The highest BCUT2D eigenvalue weighted by Gasteiger charge is 2.31. The first-order valence-corrected chi connectivity index (χ1v) is 5.94. The van der Waals surface area contributed by atoms with Crippen LogP contribution in [0.5, 0.6) is 0 Å². The summed E-state index contributed by atoms with van der Waals surface area (Å²) in [5.74, 6) is 0. The number of halogens is 3. The van der Waals surface area contributed by atoms with Crippen molar-refractivity contribution in [1.82, 2.24) is 0 Å². The number of hydrogen-bond acceptors (Lipinski definition) is 1. The molecule has 0 aliphatic rings. The molecule has 0 aliphatic carbocycles. The summed E-state index contributed by atoms with van der Waals surface area (Å²) < 4.78 is 37.6. The summed E-state index contributed by atoms with van der Waals surface area (Å²) in [5.41, 5.74) is 6.88. The zero-order chi connectivity index (χ0) is 14.1. The minimum atomic E-state index is -4.29. The van der Waals surface area contributed by atoms with Gasteiger partial charge in [0.25, 0.3) is 0 Å². The van der Waals surface area contributed by atoms with Crippen LogP contribution in [0, 0.1) is 12.3 Å². The normalized spacial score (nSPS) is 14.7. The molecule has 1 unspecified atom stereocenters. The Morgan fingerprint density at radius 1 is 1.17 bits per heavy atom. The largest absolute Gasteiger partial charge is 0.416 e. The minimum absolute atomic E-state index is 0.0502. The van der Waals surface area contributed by atoms with Gasteiger partial charge in [-0.05, 0) is 42.0 Å². The van der Waals surface area contributed by atoms with E-state index in [4.69, 9.17) is 5.73 Å². The minimum Gasteiger partial charge on any atom is -0.324 e. The molecule has 0 radical (unpaired) electrons. The second-order valence-corrected chi connectivity index (χ2v) is 5.94. The van der Waals surface area contributed by atoms with Crippen molar-refractivity contribution in [2.45, 2.75) is 46.3 Å². The summed E-state index contributed by atoms with van der Waals surface area (Å²) in [6, 6.07) is 3.53. The Kier molecular flexibility index (Phi) is 4.11. The number of nitrogens with two attached hydrogens (primary N) is 1. The first-order valence-electron chi connectivity index (χ1n) is 5.94. The second kappa shape index (κ2) is 4.92. The van der Waals surface area contributed by atoms with Crippen molar-refractivity contribution in [3.63, 3.8) is 0 Å². The maximum atomic E-state index is 12.5. The van der Waals surface area contributed by atoms with Crippen molar-refractivity contribution in [2.75, 3.05) is 0 Å². The lowest BCUT2D eigenvalue weighted by molar-refractivity contribution is -0.137. The molecule has 1 aromatic rings. The van der Waals surface area contributed by atoms with E-state index in [2.05, 4.69) is 20.8 Å². The number of rotatable bonds is 2. The Morgan fingerprint density at radius 3 is 2.11 bits per heavy atom. The molecule has 1 rings (SSSR count). The quantitative estimate of drug-likeness (QED) is 0.834. The van der Waals surface area contributed by atoms with Gasteiger partial charge in [0.1, 0.15) is 0 Å². The van der Waals surface area contributed by atoms with Gasteiger partial charge < -0.3 is 5.73 Å². The molecule has 4 heteroatoms. The fraction of sp³-hybridized carbons (Fsp3) is 0.571. The number of aryl methyl sites for hydroxylation is 1. The Hall–Kier alpha value is -1.03. The zero-order valence-corrected chi connectivity index (χ0v) is 11.2. The molecule has 0 amide bonds. The van der Waals surface area contributed by atoms with Gasteiger partial charge in [0.2, 0.25) is 0 Å². The van der Waals surface area contributed by atoms with Crippen molar-refractivity contribution in [2.24, 2.45) is 11.1 Å². The summed E-state index contributed by atoms with van der Waals surface area (Å²) in [6.45, 7) is 7.86. The van der Waals surface area contributed by atoms with Crippen LogP contribution in [-0.4, -0.2) is 0 Å². The molecule has 0 spiro atoms. The fourth-order valence-corrected chi connectivity index (χ4v) is 2.04. The van der Waals surface area contributed by atoms with Gasteiger partial charge in [0.05, 0.1) is 5.56 Å². The lowest BCUT2D eigenvalue weighted by atomic mass is 9.84. The summed E-state index contributed by atoms with van der Waals surface area (Å²) in [5, 5.41) is 0. The van der Waals surface area contributed by atoms with E-state index in [1.165, 1.54) is 6.07 Å². The van der Waals surface area contributed by atoms with Crippen LogP contribution in [-0.2, 0) is 6.18 Å². The predicted octanol–water partition coefficient (Wildman–Crippen LogP) is 4.45. The maximum absolute atomic E-state index is 12.5. The molecule has 0 aliphatic heterocycles. The van der Waals surface area contributed by atoms with E-state index in [0.29, 0.717) is 5.56 Å². The highest BCUT2D eigenvalue weighted by molar-refractivity contribution is 5.34. The standard InChI is InChI=1S/C14H20F3N/c1-9-7-10(14(15,16)17)5-6-11(9)12(18)8-13(2,3)4/h5-7,12H,8,18H2,1-4H3. The third-order valence-corrected chi connectivity index (χ3v) is 2.83. The second-order valence-electron chi connectivity index (χ2n) is 5.94. The van der Waals surface area contributed by atoms with Crippen LogP contribution in [0.25, 0.3) is 0 Å². The molecule has 18 heavy (non-hydrogen) atoms. The maximum Gasteiger partial charge on any atom is 0.416 e. The molecule has 102 valence electrons.